The minimum Gasteiger partial charge on any atom is -0.383 e. The summed E-state index contributed by atoms with van der Waals surface area (Å²) in [5.41, 5.74) is 8.62. The number of nitrogens with two attached hydrogens (primary N) is 1. The first-order valence-corrected chi connectivity index (χ1v) is 13.4. The van der Waals surface area contributed by atoms with Gasteiger partial charge in [0, 0.05) is 24.9 Å². The highest BCUT2D eigenvalue weighted by molar-refractivity contribution is 14.1. The molecular formula is C27H21F2IN6OS. The topological polar surface area (TPSA) is 106 Å². The number of amides is 1. The maximum absolute atomic E-state index is 13.7. The number of nitrogens with zero attached hydrogens (tertiary/aromatic N) is 3. The fourth-order valence-corrected chi connectivity index (χ4v) is 5.32. The number of nitrogens with one attached hydrogen (secondary N) is 2. The highest BCUT2D eigenvalue weighted by atomic mass is 127. The van der Waals surface area contributed by atoms with Crippen molar-refractivity contribution in [3.05, 3.63) is 98.3 Å². The third-order valence-corrected chi connectivity index (χ3v) is 7.66. The first-order valence-electron chi connectivity index (χ1n) is 11.5. The van der Waals surface area contributed by atoms with Crippen LogP contribution in [0.2, 0.25) is 0 Å². The van der Waals surface area contributed by atoms with Crippen LogP contribution in [-0.4, -0.2) is 20.9 Å². The van der Waals surface area contributed by atoms with E-state index in [4.69, 9.17) is 5.73 Å². The number of nitrogen functional groups attached to an aromatic ring is 1. The number of anilines is 2. The van der Waals surface area contributed by atoms with E-state index >= 15 is 0 Å². The molecule has 0 saturated carbocycles. The van der Waals surface area contributed by atoms with Crippen molar-refractivity contribution >= 4 is 62.4 Å². The van der Waals surface area contributed by atoms with Crippen molar-refractivity contribution in [2.75, 3.05) is 11.1 Å². The first kappa shape index (κ1) is 25.9. The average molecular weight is 642 g/mol. The van der Waals surface area contributed by atoms with Crippen LogP contribution < -0.4 is 16.4 Å². The van der Waals surface area contributed by atoms with Crippen LogP contribution >= 0.6 is 33.9 Å². The average Bonchev–Trinajstić information content (AvgIpc) is 3.38. The quantitative estimate of drug-likeness (QED) is 0.180. The summed E-state index contributed by atoms with van der Waals surface area (Å²) in [4.78, 5) is 27.9. The standard InChI is InChI=1S/C27H21F2IN6OS/c1-14(15-2-5-21(28)22(29)9-15)36-27(37)20-10-17(30)11-32-26(20)33-12-18-4-7-24(38-18)16-3-6-23-19(8-16)25(31)35-13-34-23/h2-11,13-14H,12H2,1H3,(H,32,33)(H,36,37)(H2,31,34,35)/t14-/m0/s1. The molecular weight excluding hydrogens is 621 g/mol. The fourth-order valence-electron chi connectivity index (χ4n) is 3.92. The minimum atomic E-state index is -0.960. The third-order valence-electron chi connectivity index (χ3n) is 5.93. The number of pyridine rings is 1. The van der Waals surface area contributed by atoms with E-state index in [2.05, 4.69) is 48.2 Å². The minimum absolute atomic E-state index is 0.355. The van der Waals surface area contributed by atoms with E-state index in [1.165, 1.54) is 12.4 Å². The summed E-state index contributed by atoms with van der Waals surface area (Å²) in [5.74, 6) is -1.41. The molecule has 0 unspecified atom stereocenters. The van der Waals surface area contributed by atoms with E-state index in [9.17, 15) is 13.6 Å². The summed E-state index contributed by atoms with van der Waals surface area (Å²) >= 11 is 3.70. The number of fused-ring (bicyclic) bond motifs is 1. The molecule has 11 heteroatoms. The molecule has 3 aromatic heterocycles. The van der Waals surface area contributed by atoms with Gasteiger partial charge >= 0.3 is 0 Å². The van der Waals surface area contributed by atoms with Gasteiger partial charge in [0.25, 0.3) is 5.91 Å². The summed E-state index contributed by atoms with van der Waals surface area (Å²) in [7, 11) is 0. The Morgan fingerprint density at radius 1 is 1.05 bits per heavy atom. The molecule has 1 atom stereocenters. The van der Waals surface area contributed by atoms with Gasteiger partial charge in [0.15, 0.2) is 11.6 Å². The molecule has 0 aliphatic rings. The molecule has 4 N–H and O–H groups in total. The smallest absolute Gasteiger partial charge is 0.255 e. The summed E-state index contributed by atoms with van der Waals surface area (Å²) in [6.07, 6.45) is 3.11. The van der Waals surface area contributed by atoms with Gasteiger partial charge in [-0.3, -0.25) is 4.79 Å². The Bertz CT molecular complexity index is 1660. The van der Waals surface area contributed by atoms with Crippen molar-refractivity contribution in [3.8, 4) is 10.4 Å². The van der Waals surface area contributed by atoms with Crippen LogP contribution in [-0.2, 0) is 6.54 Å². The van der Waals surface area contributed by atoms with Gasteiger partial charge in [-0.05, 0) is 83.1 Å². The van der Waals surface area contributed by atoms with Crippen molar-refractivity contribution in [1.29, 1.82) is 0 Å². The molecule has 1 amide bonds. The van der Waals surface area contributed by atoms with Gasteiger partial charge in [-0.25, -0.2) is 23.7 Å². The lowest BCUT2D eigenvalue weighted by atomic mass is 10.1. The van der Waals surface area contributed by atoms with Crippen molar-refractivity contribution in [1.82, 2.24) is 20.3 Å². The Hall–Kier alpha value is -3.71. The first-order chi connectivity index (χ1) is 18.3. The Balaban J connectivity index is 1.31. The predicted octanol–water partition coefficient (Wildman–Crippen LogP) is 6.32. The maximum atomic E-state index is 13.7. The van der Waals surface area contributed by atoms with Gasteiger partial charge in [0.05, 0.1) is 23.7 Å². The Kier molecular flexibility index (Phi) is 7.47. The lowest BCUT2D eigenvalue weighted by Gasteiger charge is -2.16. The highest BCUT2D eigenvalue weighted by Gasteiger charge is 2.18. The van der Waals surface area contributed by atoms with Gasteiger partial charge < -0.3 is 16.4 Å². The Morgan fingerprint density at radius 3 is 2.71 bits per heavy atom. The number of halogens is 3. The van der Waals surface area contributed by atoms with E-state index in [0.717, 1.165) is 41.9 Å². The van der Waals surface area contributed by atoms with Gasteiger partial charge in [0.1, 0.15) is 18.0 Å². The zero-order valence-corrected chi connectivity index (χ0v) is 23.0. The molecule has 0 radical (unpaired) electrons. The largest absolute Gasteiger partial charge is 0.383 e. The van der Waals surface area contributed by atoms with Crippen molar-refractivity contribution in [2.24, 2.45) is 0 Å². The molecule has 0 aliphatic carbocycles. The molecule has 5 rings (SSSR count). The van der Waals surface area contributed by atoms with Crippen LogP contribution in [0.15, 0.2) is 67.1 Å². The second kappa shape index (κ2) is 11.0. The van der Waals surface area contributed by atoms with E-state index in [1.54, 1.807) is 30.5 Å². The van der Waals surface area contributed by atoms with Crippen LogP contribution in [0.3, 0.4) is 0 Å². The van der Waals surface area contributed by atoms with Gasteiger partial charge in [-0.1, -0.05) is 12.1 Å². The zero-order valence-electron chi connectivity index (χ0n) is 20.0. The summed E-state index contributed by atoms with van der Waals surface area (Å²) in [5, 5.41) is 6.90. The molecule has 3 heterocycles. The van der Waals surface area contributed by atoms with Crippen LogP contribution in [0.1, 0.15) is 33.8 Å². The summed E-state index contributed by atoms with van der Waals surface area (Å²) in [6.45, 7) is 2.16. The number of carbonyl (C=O) groups excluding carboxylic acids is 1. The molecule has 0 fully saturated rings. The highest BCUT2D eigenvalue weighted by Crippen LogP contribution is 2.32. The third kappa shape index (κ3) is 5.58. The summed E-state index contributed by atoms with van der Waals surface area (Å²) in [6, 6.07) is 14.7. The number of carbonyl (C=O) groups is 1. The lowest BCUT2D eigenvalue weighted by Crippen LogP contribution is -2.28. The van der Waals surface area contributed by atoms with Crippen LogP contribution in [0.25, 0.3) is 21.3 Å². The number of hydrogen-bond acceptors (Lipinski definition) is 7. The number of rotatable bonds is 7. The van der Waals surface area contributed by atoms with Gasteiger partial charge in [0.2, 0.25) is 0 Å². The van der Waals surface area contributed by atoms with E-state index < -0.39 is 17.7 Å². The number of benzene rings is 2. The molecule has 192 valence electrons. The molecule has 38 heavy (non-hydrogen) atoms. The van der Waals surface area contributed by atoms with Gasteiger partial charge in [-0.15, -0.1) is 11.3 Å². The van der Waals surface area contributed by atoms with Gasteiger partial charge in [-0.2, -0.15) is 0 Å². The van der Waals surface area contributed by atoms with Crippen molar-refractivity contribution in [2.45, 2.75) is 19.5 Å². The van der Waals surface area contributed by atoms with E-state index in [-0.39, 0.29) is 5.91 Å². The van der Waals surface area contributed by atoms with E-state index in [0.29, 0.717) is 29.3 Å². The van der Waals surface area contributed by atoms with Crippen LogP contribution in [0, 0.1) is 15.2 Å². The molecule has 7 nitrogen and oxygen atoms in total. The molecule has 2 aromatic carbocycles. The fraction of sp³-hybridized carbons (Fsp3) is 0.111. The molecule has 0 bridgehead atoms. The predicted molar refractivity (Wildman–Crippen MR) is 154 cm³/mol. The van der Waals surface area contributed by atoms with Crippen LogP contribution in [0.4, 0.5) is 20.4 Å². The Labute approximate surface area is 234 Å². The van der Waals surface area contributed by atoms with Crippen molar-refractivity contribution < 1.29 is 13.6 Å². The zero-order chi connectivity index (χ0) is 26.8. The number of thiophene rings is 1. The normalized spacial score (nSPS) is 11.9. The monoisotopic (exact) mass is 642 g/mol. The second-order valence-corrected chi connectivity index (χ2v) is 10.9. The number of aromatic nitrogens is 3. The van der Waals surface area contributed by atoms with Crippen LogP contribution in [0.5, 0.6) is 0 Å². The SMILES string of the molecule is C[C@H](NC(=O)c1cc(I)cnc1NCc1ccc(-c2ccc3ncnc(N)c3c2)s1)c1ccc(F)c(F)c1. The summed E-state index contributed by atoms with van der Waals surface area (Å²) < 4.78 is 27.7. The molecule has 0 aliphatic heterocycles. The molecule has 0 saturated heterocycles. The van der Waals surface area contributed by atoms with Crippen molar-refractivity contribution in [3.63, 3.8) is 0 Å². The molecule has 0 spiro atoms. The second-order valence-electron chi connectivity index (χ2n) is 8.53. The number of hydrogen-bond donors (Lipinski definition) is 3. The molecule has 5 aromatic rings. The lowest BCUT2D eigenvalue weighted by molar-refractivity contribution is 0.0940. The van der Waals surface area contributed by atoms with E-state index in [1.807, 2.05) is 30.3 Å². The maximum Gasteiger partial charge on any atom is 0.255 e. The Morgan fingerprint density at radius 2 is 1.89 bits per heavy atom.